The number of nitrogens with one attached hydrogen (secondary N) is 1. The van der Waals surface area contributed by atoms with Crippen molar-refractivity contribution in [2.75, 3.05) is 20.3 Å². The minimum absolute atomic E-state index is 0.125. The molecule has 0 aliphatic rings. The van der Waals surface area contributed by atoms with Gasteiger partial charge in [0.25, 0.3) is 0 Å². The topological polar surface area (TPSA) is 64.6 Å². The molecule has 24 heavy (non-hydrogen) atoms. The molecule has 0 fully saturated rings. The van der Waals surface area contributed by atoms with E-state index in [-0.39, 0.29) is 24.4 Å². The molecule has 1 atom stereocenters. The lowest BCUT2D eigenvalue weighted by molar-refractivity contribution is -0.141. The highest BCUT2D eigenvalue weighted by Gasteiger charge is 2.18. The maximum atomic E-state index is 11.3. The number of fused-ring (bicyclic) bond motifs is 1. The average Bonchev–Trinajstić information content (AvgIpc) is 2.53. The molecule has 0 bridgehead atoms. The lowest BCUT2D eigenvalue weighted by Gasteiger charge is -2.20. The van der Waals surface area contributed by atoms with Crippen molar-refractivity contribution in [3.05, 3.63) is 40.4 Å². The van der Waals surface area contributed by atoms with Crippen LogP contribution in [0.3, 0.4) is 0 Å². The number of halogens is 1. The Labute approximate surface area is 149 Å². The summed E-state index contributed by atoms with van der Waals surface area (Å²) in [5.74, 6) is 0.112. The Hall–Kier alpha value is -2.08. The van der Waals surface area contributed by atoms with E-state index in [2.05, 4.69) is 21.2 Å². The van der Waals surface area contributed by atoms with Crippen LogP contribution >= 0.6 is 15.9 Å². The van der Waals surface area contributed by atoms with Gasteiger partial charge in [0, 0.05) is 30.8 Å². The molecule has 0 aliphatic carbocycles. The van der Waals surface area contributed by atoms with Gasteiger partial charge >= 0.3 is 5.97 Å². The van der Waals surface area contributed by atoms with Gasteiger partial charge < -0.3 is 14.8 Å². The number of benzene rings is 2. The smallest absolute Gasteiger partial charge is 0.302 e. The number of ether oxygens (including phenoxy) is 2. The molecule has 0 radical (unpaired) electrons. The molecule has 2 rings (SSSR count). The van der Waals surface area contributed by atoms with E-state index >= 15 is 0 Å². The average molecular weight is 394 g/mol. The van der Waals surface area contributed by atoms with Crippen LogP contribution in [0.15, 0.2) is 34.8 Å². The summed E-state index contributed by atoms with van der Waals surface area (Å²) in [5, 5.41) is 4.84. The van der Waals surface area contributed by atoms with E-state index in [4.69, 9.17) is 9.47 Å². The number of carbonyl (C=O) groups excluding carboxylic acids is 2. The van der Waals surface area contributed by atoms with Crippen LogP contribution in [0, 0.1) is 0 Å². The quantitative estimate of drug-likeness (QED) is 0.763. The van der Waals surface area contributed by atoms with Crippen LogP contribution in [0.4, 0.5) is 0 Å². The highest BCUT2D eigenvalue weighted by atomic mass is 79.9. The van der Waals surface area contributed by atoms with Crippen molar-refractivity contribution < 1.29 is 19.1 Å². The zero-order valence-electron chi connectivity index (χ0n) is 13.9. The minimum Gasteiger partial charge on any atom is -0.497 e. The summed E-state index contributed by atoms with van der Waals surface area (Å²) in [6, 6.07) is 9.82. The van der Waals surface area contributed by atoms with Gasteiger partial charge in [0.1, 0.15) is 5.75 Å². The van der Waals surface area contributed by atoms with E-state index in [9.17, 15) is 9.59 Å². The second-order valence-corrected chi connectivity index (χ2v) is 6.43. The minimum atomic E-state index is -0.347. The largest absolute Gasteiger partial charge is 0.497 e. The van der Waals surface area contributed by atoms with E-state index in [1.807, 2.05) is 30.3 Å². The Morgan fingerprint density at radius 2 is 1.96 bits per heavy atom. The normalized spacial score (nSPS) is 11.8. The molecule has 0 aliphatic heterocycles. The van der Waals surface area contributed by atoms with Crippen molar-refractivity contribution in [3.63, 3.8) is 0 Å². The number of rotatable bonds is 6. The van der Waals surface area contributed by atoms with Gasteiger partial charge in [0.15, 0.2) is 0 Å². The van der Waals surface area contributed by atoms with Crippen molar-refractivity contribution in [2.45, 2.75) is 19.8 Å². The van der Waals surface area contributed by atoms with Gasteiger partial charge in [-0.05, 0) is 40.6 Å². The molecule has 1 unspecified atom stereocenters. The molecule has 1 amide bonds. The molecule has 0 heterocycles. The summed E-state index contributed by atoms with van der Waals surface area (Å²) in [7, 11) is 1.62. The summed E-state index contributed by atoms with van der Waals surface area (Å²) < 4.78 is 11.4. The van der Waals surface area contributed by atoms with Gasteiger partial charge in [0.05, 0.1) is 13.7 Å². The highest BCUT2D eigenvalue weighted by molar-refractivity contribution is 9.10. The summed E-state index contributed by atoms with van der Waals surface area (Å²) in [6.07, 6.45) is 0. The van der Waals surface area contributed by atoms with Gasteiger partial charge in [-0.2, -0.15) is 0 Å². The van der Waals surface area contributed by atoms with Crippen molar-refractivity contribution in [2.24, 2.45) is 0 Å². The predicted molar refractivity (Wildman–Crippen MR) is 96.3 cm³/mol. The Morgan fingerprint density at radius 1 is 1.21 bits per heavy atom. The SMILES string of the molecule is COc1ccc2cc(Br)cc(C(CNC(C)=O)COC(C)=O)c2c1. The van der Waals surface area contributed by atoms with Crippen molar-refractivity contribution >= 4 is 38.6 Å². The Morgan fingerprint density at radius 3 is 2.58 bits per heavy atom. The second-order valence-electron chi connectivity index (χ2n) is 5.52. The van der Waals surface area contributed by atoms with E-state index < -0.39 is 0 Å². The fourth-order valence-electron chi connectivity index (χ4n) is 2.54. The molecule has 5 nitrogen and oxygen atoms in total. The van der Waals surface area contributed by atoms with Crippen LogP contribution < -0.4 is 10.1 Å². The van der Waals surface area contributed by atoms with Gasteiger partial charge in [-0.15, -0.1) is 0 Å². The maximum absolute atomic E-state index is 11.3. The van der Waals surface area contributed by atoms with Crippen LogP contribution in [-0.2, 0) is 14.3 Å². The summed E-state index contributed by atoms with van der Waals surface area (Å²) in [4.78, 5) is 22.5. The fourth-order valence-corrected chi connectivity index (χ4v) is 3.03. The second kappa shape index (κ2) is 8.15. The third-order valence-electron chi connectivity index (χ3n) is 3.68. The van der Waals surface area contributed by atoms with Crippen LogP contribution in [0.2, 0.25) is 0 Å². The number of hydrogen-bond acceptors (Lipinski definition) is 4. The van der Waals surface area contributed by atoms with Crippen molar-refractivity contribution in [1.82, 2.24) is 5.32 Å². The number of hydrogen-bond donors (Lipinski definition) is 1. The van der Waals surface area contributed by atoms with E-state index in [1.165, 1.54) is 13.8 Å². The third-order valence-corrected chi connectivity index (χ3v) is 4.14. The Kier molecular flexibility index (Phi) is 6.20. The van der Waals surface area contributed by atoms with E-state index in [0.717, 1.165) is 26.6 Å². The molecular formula is C18H20BrNO4. The van der Waals surface area contributed by atoms with Crippen LogP contribution in [0.1, 0.15) is 25.3 Å². The molecule has 0 saturated heterocycles. The number of methoxy groups -OCH3 is 1. The molecule has 0 spiro atoms. The Bertz CT molecular complexity index is 742. The first-order valence-electron chi connectivity index (χ1n) is 7.55. The molecule has 0 aromatic heterocycles. The first-order chi connectivity index (χ1) is 11.4. The molecule has 1 N–H and O–H groups in total. The molecule has 2 aromatic rings. The van der Waals surface area contributed by atoms with E-state index in [0.29, 0.717) is 6.54 Å². The lowest BCUT2D eigenvalue weighted by atomic mass is 9.93. The predicted octanol–water partition coefficient (Wildman–Crippen LogP) is 3.39. The zero-order chi connectivity index (χ0) is 17.7. The van der Waals surface area contributed by atoms with Gasteiger partial charge in [0.2, 0.25) is 5.91 Å². The zero-order valence-corrected chi connectivity index (χ0v) is 15.5. The van der Waals surface area contributed by atoms with Gasteiger partial charge in [-0.25, -0.2) is 0 Å². The van der Waals surface area contributed by atoms with Crippen molar-refractivity contribution in [3.8, 4) is 5.75 Å². The molecule has 6 heteroatoms. The monoisotopic (exact) mass is 393 g/mol. The summed E-state index contributed by atoms with van der Waals surface area (Å²) >= 11 is 3.52. The lowest BCUT2D eigenvalue weighted by Crippen LogP contribution is -2.28. The third kappa shape index (κ3) is 4.71. The molecule has 128 valence electrons. The van der Waals surface area contributed by atoms with Gasteiger partial charge in [-0.3, -0.25) is 9.59 Å². The van der Waals surface area contributed by atoms with Crippen LogP contribution in [0.25, 0.3) is 10.8 Å². The molecule has 0 saturated carbocycles. The van der Waals surface area contributed by atoms with Crippen LogP contribution in [0.5, 0.6) is 5.75 Å². The van der Waals surface area contributed by atoms with E-state index in [1.54, 1.807) is 7.11 Å². The molecular weight excluding hydrogens is 374 g/mol. The Balaban J connectivity index is 2.48. The van der Waals surface area contributed by atoms with Gasteiger partial charge in [-0.1, -0.05) is 22.0 Å². The number of esters is 1. The standard InChI is InChI=1S/C18H20BrNO4/c1-11(21)20-9-14(10-24-12(2)22)17-7-15(19)6-13-4-5-16(23-3)8-18(13)17/h4-8,14H,9-10H2,1-3H3,(H,20,21). The highest BCUT2D eigenvalue weighted by Crippen LogP contribution is 2.32. The first kappa shape index (κ1) is 18.3. The number of amides is 1. The maximum Gasteiger partial charge on any atom is 0.302 e. The summed E-state index contributed by atoms with van der Waals surface area (Å²) in [5.41, 5.74) is 0.980. The number of carbonyl (C=O) groups is 2. The first-order valence-corrected chi connectivity index (χ1v) is 8.35. The van der Waals surface area contributed by atoms with Crippen molar-refractivity contribution in [1.29, 1.82) is 0 Å². The van der Waals surface area contributed by atoms with Crippen LogP contribution in [-0.4, -0.2) is 32.1 Å². The summed E-state index contributed by atoms with van der Waals surface area (Å²) in [6.45, 7) is 3.41. The molecule has 2 aromatic carbocycles. The fraction of sp³-hybridized carbons (Fsp3) is 0.333.